The molecular formula is C8H13N5OS. The van der Waals surface area contributed by atoms with Gasteiger partial charge in [0.15, 0.2) is 5.69 Å². The predicted octanol–water partition coefficient (Wildman–Crippen LogP) is -0.0570. The van der Waals surface area contributed by atoms with Gasteiger partial charge in [-0.1, -0.05) is 19.1 Å². The van der Waals surface area contributed by atoms with E-state index in [1.165, 1.54) is 6.20 Å². The Morgan fingerprint density at radius 1 is 1.73 bits per heavy atom. The van der Waals surface area contributed by atoms with Gasteiger partial charge in [-0.05, 0) is 6.42 Å². The van der Waals surface area contributed by atoms with E-state index in [-0.39, 0.29) is 18.1 Å². The van der Waals surface area contributed by atoms with Gasteiger partial charge < -0.3 is 10.6 Å². The number of amides is 1. The lowest BCUT2D eigenvalue weighted by Crippen LogP contribution is -2.38. The lowest BCUT2D eigenvalue weighted by Gasteiger charge is -2.19. The van der Waals surface area contributed by atoms with E-state index in [2.05, 4.69) is 15.4 Å². The number of carbonyl (C=O) groups excluding carboxylic acids is 1. The molecule has 82 valence electrons. The van der Waals surface area contributed by atoms with Crippen LogP contribution in [0.3, 0.4) is 0 Å². The average molecular weight is 227 g/mol. The van der Waals surface area contributed by atoms with Crippen LogP contribution in [-0.4, -0.2) is 44.3 Å². The molecule has 0 unspecified atom stereocenters. The fourth-order valence-electron chi connectivity index (χ4n) is 1.18. The smallest absolute Gasteiger partial charge is 0.276 e. The Morgan fingerprint density at radius 2 is 2.47 bits per heavy atom. The molecule has 0 saturated carbocycles. The van der Waals surface area contributed by atoms with Gasteiger partial charge >= 0.3 is 0 Å². The first-order chi connectivity index (χ1) is 7.15. The van der Waals surface area contributed by atoms with Crippen LogP contribution in [0.2, 0.25) is 0 Å². The largest absolute Gasteiger partial charge is 0.392 e. The number of H-pyrrole nitrogens is 1. The number of nitrogens with zero attached hydrogens (tertiary/aromatic N) is 3. The van der Waals surface area contributed by atoms with Crippen LogP contribution < -0.4 is 5.73 Å². The molecule has 0 bridgehead atoms. The van der Waals surface area contributed by atoms with Crippen LogP contribution in [0.4, 0.5) is 0 Å². The van der Waals surface area contributed by atoms with Gasteiger partial charge in [-0.2, -0.15) is 15.4 Å². The summed E-state index contributed by atoms with van der Waals surface area (Å²) in [6.45, 7) is 2.85. The molecule has 6 nitrogen and oxygen atoms in total. The normalized spacial score (nSPS) is 9.93. The van der Waals surface area contributed by atoms with Crippen LogP contribution in [0, 0.1) is 0 Å². The minimum atomic E-state index is -0.210. The lowest BCUT2D eigenvalue weighted by atomic mass is 10.3. The summed E-state index contributed by atoms with van der Waals surface area (Å²) in [5.41, 5.74) is 5.69. The standard InChI is InChI=1S/C8H13N5OS/c1-2-3-13(5-7(9)15)8(14)6-4-10-12-11-6/h4H,2-3,5H2,1H3,(H2,9,15)(H,10,11,12). The monoisotopic (exact) mass is 227 g/mol. The third-order valence-electron chi connectivity index (χ3n) is 1.76. The Hall–Kier alpha value is -1.50. The van der Waals surface area contributed by atoms with E-state index in [0.717, 1.165) is 6.42 Å². The van der Waals surface area contributed by atoms with Crippen LogP contribution in [0.25, 0.3) is 0 Å². The highest BCUT2D eigenvalue weighted by Crippen LogP contribution is 2.00. The van der Waals surface area contributed by atoms with Gasteiger partial charge in [-0.15, -0.1) is 0 Å². The summed E-state index contributed by atoms with van der Waals surface area (Å²) in [4.78, 5) is 13.7. The van der Waals surface area contributed by atoms with Crippen LogP contribution in [0.1, 0.15) is 23.8 Å². The third kappa shape index (κ3) is 3.28. The highest BCUT2D eigenvalue weighted by molar-refractivity contribution is 7.80. The summed E-state index contributed by atoms with van der Waals surface area (Å²) >= 11 is 4.77. The molecule has 15 heavy (non-hydrogen) atoms. The number of nitrogens with two attached hydrogens (primary N) is 1. The summed E-state index contributed by atoms with van der Waals surface area (Å²) in [5.74, 6) is -0.210. The lowest BCUT2D eigenvalue weighted by molar-refractivity contribution is 0.0774. The van der Waals surface area contributed by atoms with Crippen LogP contribution in [-0.2, 0) is 0 Å². The van der Waals surface area contributed by atoms with Crippen molar-refractivity contribution in [2.24, 2.45) is 5.73 Å². The highest BCUT2D eigenvalue weighted by atomic mass is 32.1. The van der Waals surface area contributed by atoms with Gasteiger partial charge in [-0.3, -0.25) is 4.79 Å². The Labute approximate surface area is 92.8 Å². The number of carbonyl (C=O) groups is 1. The summed E-state index contributed by atoms with van der Waals surface area (Å²) in [6, 6.07) is 0. The van der Waals surface area contributed by atoms with Crippen molar-refractivity contribution in [1.82, 2.24) is 20.3 Å². The molecule has 1 aromatic rings. The van der Waals surface area contributed by atoms with Gasteiger partial charge in [-0.25, -0.2) is 0 Å². The predicted molar refractivity (Wildman–Crippen MR) is 59.4 cm³/mol. The molecule has 1 amide bonds. The molecule has 0 saturated heterocycles. The van der Waals surface area contributed by atoms with Gasteiger partial charge in [0.1, 0.15) is 0 Å². The molecule has 7 heteroatoms. The molecule has 3 N–H and O–H groups in total. The molecule has 1 heterocycles. The molecule has 1 aromatic heterocycles. The summed E-state index contributed by atoms with van der Waals surface area (Å²) < 4.78 is 0. The molecule has 0 spiro atoms. The maximum absolute atomic E-state index is 11.8. The maximum Gasteiger partial charge on any atom is 0.276 e. The molecule has 0 aromatic carbocycles. The Morgan fingerprint density at radius 3 is 2.93 bits per heavy atom. The second-order valence-electron chi connectivity index (χ2n) is 3.05. The SMILES string of the molecule is CCCN(CC(N)=S)C(=O)c1cn[nH]n1. The van der Waals surface area contributed by atoms with Crippen LogP contribution in [0.5, 0.6) is 0 Å². The first kappa shape index (κ1) is 11.6. The topological polar surface area (TPSA) is 87.9 Å². The molecule has 0 aliphatic carbocycles. The fraction of sp³-hybridized carbons (Fsp3) is 0.500. The molecule has 0 aliphatic heterocycles. The van der Waals surface area contributed by atoms with E-state index in [4.69, 9.17) is 18.0 Å². The number of aromatic amines is 1. The average Bonchev–Trinajstić information content (AvgIpc) is 2.68. The van der Waals surface area contributed by atoms with Crippen molar-refractivity contribution in [3.8, 4) is 0 Å². The van der Waals surface area contributed by atoms with Crippen molar-refractivity contribution < 1.29 is 4.79 Å². The number of thiocarbonyl (C=S) groups is 1. The molecular weight excluding hydrogens is 214 g/mol. The first-order valence-electron chi connectivity index (χ1n) is 4.58. The zero-order valence-electron chi connectivity index (χ0n) is 8.43. The van der Waals surface area contributed by atoms with Gasteiger partial charge in [0.05, 0.1) is 17.7 Å². The second-order valence-corrected chi connectivity index (χ2v) is 3.57. The zero-order chi connectivity index (χ0) is 11.3. The Kier molecular flexibility index (Phi) is 4.17. The minimum Gasteiger partial charge on any atom is -0.392 e. The second kappa shape index (κ2) is 5.40. The first-order valence-corrected chi connectivity index (χ1v) is 4.99. The Balaban J connectivity index is 2.71. The minimum absolute atomic E-state index is 0.210. The van der Waals surface area contributed by atoms with Crippen molar-refractivity contribution in [1.29, 1.82) is 0 Å². The number of hydrogen-bond acceptors (Lipinski definition) is 4. The number of hydrogen-bond donors (Lipinski definition) is 2. The molecule has 1 rings (SSSR count). The molecule has 0 atom stereocenters. The Bertz CT molecular complexity index is 337. The van der Waals surface area contributed by atoms with E-state index in [1.807, 2.05) is 6.92 Å². The van der Waals surface area contributed by atoms with E-state index < -0.39 is 0 Å². The van der Waals surface area contributed by atoms with E-state index in [1.54, 1.807) is 4.90 Å². The zero-order valence-corrected chi connectivity index (χ0v) is 9.25. The summed E-state index contributed by atoms with van der Waals surface area (Å²) in [6.07, 6.45) is 2.22. The summed E-state index contributed by atoms with van der Waals surface area (Å²) in [5, 5.41) is 9.68. The maximum atomic E-state index is 11.8. The molecule has 0 aliphatic rings. The van der Waals surface area contributed by atoms with Crippen molar-refractivity contribution in [2.45, 2.75) is 13.3 Å². The van der Waals surface area contributed by atoms with E-state index >= 15 is 0 Å². The van der Waals surface area contributed by atoms with E-state index in [0.29, 0.717) is 11.5 Å². The van der Waals surface area contributed by atoms with Gasteiger partial charge in [0.2, 0.25) is 0 Å². The number of rotatable bonds is 5. The fourth-order valence-corrected chi connectivity index (χ4v) is 1.33. The van der Waals surface area contributed by atoms with Crippen LogP contribution in [0.15, 0.2) is 6.20 Å². The third-order valence-corrected chi connectivity index (χ3v) is 1.89. The summed E-state index contributed by atoms with van der Waals surface area (Å²) in [7, 11) is 0. The molecule has 0 radical (unpaired) electrons. The van der Waals surface area contributed by atoms with Gasteiger partial charge in [0.25, 0.3) is 5.91 Å². The quantitative estimate of drug-likeness (QED) is 0.688. The van der Waals surface area contributed by atoms with Crippen LogP contribution >= 0.6 is 12.2 Å². The van der Waals surface area contributed by atoms with Crippen molar-refractivity contribution >= 4 is 23.1 Å². The van der Waals surface area contributed by atoms with Gasteiger partial charge in [0, 0.05) is 6.54 Å². The highest BCUT2D eigenvalue weighted by Gasteiger charge is 2.17. The number of nitrogens with one attached hydrogen (secondary N) is 1. The van der Waals surface area contributed by atoms with Crippen molar-refractivity contribution in [3.05, 3.63) is 11.9 Å². The van der Waals surface area contributed by atoms with Crippen molar-refractivity contribution in [2.75, 3.05) is 13.1 Å². The van der Waals surface area contributed by atoms with Crippen molar-refractivity contribution in [3.63, 3.8) is 0 Å². The molecule has 0 fully saturated rings. The number of aromatic nitrogens is 3. The van der Waals surface area contributed by atoms with E-state index in [9.17, 15) is 4.79 Å².